The van der Waals surface area contributed by atoms with Crippen molar-refractivity contribution in [2.24, 2.45) is 0 Å². The van der Waals surface area contributed by atoms with Crippen LogP contribution in [0, 0.1) is 13.8 Å². The predicted octanol–water partition coefficient (Wildman–Crippen LogP) is 2.50. The average molecular weight is 343 g/mol. The molecule has 134 valence electrons. The Hall–Kier alpha value is -2.57. The topological polar surface area (TPSA) is 74.5 Å². The van der Waals surface area contributed by atoms with Gasteiger partial charge < -0.3 is 19.5 Å². The van der Waals surface area contributed by atoms with Crippen LogP contribution in [0.15, 0.2) is 29.1 Å². The lowest BCUT2D eigenvalue weighted by molar-refractivity contribution is 0.200. The quantitative estimate of drug-likeness (QED) is 0.923. The summed E-state index contributed by atoms with van der Waals surface area (Å²) in [4.78, 5) is 25.1. The van der Waals surface area contributed by atoms with Crippen LogP contribution in [-0.4, -0.2) is 47.1 Å². The lowest BCUT2D eigenvalue weighted by Crippen LogP contribution is -2.48. The van der Waals surface area contributed by atoms with Crippen LogP contribution >= 0.6 is 0 Å². The maximum atomic E-state index is 12.3. The van der Waals surface area contributed by atoms with Gasteiger partial charge in [0, 0.05) is 43.5 Å². The number of aryl methyl sites for hydroxylation is 2. The van der Waals surface area contributed by atoms with Crippen LogP contribution in [0.4, 0.5) is 10.6 Å². The molecule has 0 spiro atoms. The summed E-state index contributed by atoms with van der Waals surface area (Å²) in [5, 5.41) is 3.12. The number of carbonyl (C=O) groups excluding carboxylic acids is 1. The van der Waals surface area contributed by atoms with Crippen molar-refractivity contribution in [1.82, 2.24) is 20.2 Å². The Morgan fingerprint density at radius 3 is 2.76 bits per heavy atom. The summed E-state index contributed by atoms with van der Waals surface area (Å²) >= 11 is 0. The number of anilines is 1. The van der Waals surface area contributed by atoms with Crippen LogP contribution in [0.2, 0.25) is 0 Å². The number of urea groups is 1. The summed E-state index contributed by atoms with van der Waals surface area (Å²) in [6, 6.07) is 4.03. The first-order chi connectivity index (χ1) is 12.0. The summed E-state index contributed by atoms with van der Waals surface area (Å²) in [7, 11) is 1.80. The zero-order valence-electron chi connectivity index (χ0n) is 15.0. The molecule has 7 heteroatoms. The normalized spacial score (nSPS) is 15.2. The van der Waals surface area contributed by atoms with Gasteiger partial charge in [0.1, 0.15) is 11.6 Å². The Kier molecular flexibility index (Phi) is 5.21. The van der Waals surface area contributed by atoms with E-state index in [-0.39, 0.29) is 12.1 Å². The molecule has 0 unspecified atom stereocenters. The number of furan rings is 1. The van der Waals surface area contributed by atoms with Crippen LogP contribution in [-0.2, 0) is 6.54 Å². The lowest BCUT2D eigenvalue weighted by atomic mass is 10.1. The minimum atomic E-state index is -0.0478. The number of hydrogen-bond donors (Lipinski definition) is 1. The highest BCUT2D eigenvalue weighted by Gasteiger charge is 2.23. The smallest absolute Gasteiger partial charge is 0.317 e. The number of nitrogens with one attached hydrogen (secondary N) is 1. The van der Waals surface area contributed by atoms with Gasteiger partial charge in [-0.1, -0.05) is 0 Å². The number of piperidine rings is 1. The fourth-order valence-electron chi connectivity index (χ4n) is 3.13. The van der Waals surface area contributed by atoms with Crippen molar-refractivity contribution in [2.75, 3.05) is 25.0 Å². The molecule has 1 aliphatic heterocycles. The van der Waals surface area contributed by atoms with E-state index in [1.165, 1.54) is 0 Å². The van der Waals surface area contributed by atoms with Gasteiger partial charge in [0.15, 0.2) is 0 Å². The van der Waals surface area contributed by atoms with Gasteiger partial charge in [0.2, 0.25) is 0 Å². The van der Waals surface area contributed by atoms with Crippen molar-refractivity contribution >= 4 is 11.8 Å². The molecule has 2 aromatic heterocycles. The molecule has 1 fully saturated rings. The van der Waals surface area contributed by atoms with E-state index in [4.69, 9.17) is 4.42 Å². The Bertz CT molecular complexity index is 688. The molecule has 1 aliphatic rings. The van der Waals surface area contributed by atoms with Gasteiger partial charge in [-0.15, -0.1) is 0 Å². The van der Waals surface area contributed by atoms with Crippen molar-refractivity contribution in [2.45, 2.75) is 39.3 Å². The minimum absolute atomic E-state index is 0.0478. The van der Waals surface area contributed by atoms with E-state index in [0.29, 0.717) is 6.54 Å². The molecule has 1 N–H and O–H groups in total. The van der Waals surface area contributed by atoms with Crippen molar-refractivity contribution in [1.29, 1.82) is 0 Å². The minimum Gasteiger partial charge on any atom is -0.472 e. The molecule has 3 heterocycles. The van der Waals surface area contributed by atoms with Crippen LogP contribution in [0.1, 0.15) is 29.9 Å². The second-order valence-electron chi connectivity index (χ2n) is 6.61. The monoisotopic (exact) mass is 343 g/mol. The molecule has 0 saturated carbocycles. The molecular weight excluding hydrogens is 318 g/mol. The van der Waals surface area contributed by atoms with Gasteiger partial charge in [-0.2, -0.15) is 0 Å². The number of nitrogens with zero attached hydrogens (tertiary/aromatic N) is 4. The first-order valence-electron chi connectivity index (χ1n) is 8.61. The molecule has 2 aromatic rings. The van der Waals surface area contributed by atoms with Crippen LogP contribution < -0.4 is 10.2 Å². The maximum Gasteiger partial charge on any atom is 0.317 e. The summed E-state index contributed by atoms with van der Waals surface area (Å²) < 4.78 is 5.04. The molecule has 0 aromatic carbocycles. The van der Waals surface area contributed by atoms with E-state index in [9.17, 15) is 4.79 Å². The molecule has 0 bridgehead atoms. The summed E-state index contributed by atoms with van der Waals surface area (Å²) in [6.45, 7) is 6.21. The van der Waals surface area contributed by atoms with Gasteiger partial charge in [0.05, 0.1) is 19.1 Å². The first-order valence-corrected chi connectivity index (χ1v) is 8.61. The summed E-state index contributed by atoms with van der Waals surface area (Å²) in [5.74, 6) is 1.78. The number of aromatic nitrogens is 2. The van der Waals surface area contributed by atoms with E-state index in [1.807, 2.05) is 26.0 Å². The zero-order chi connectivity index (χ0) is 17.8. The third-order valence-electron chi connectivity index (χ3n) is 4.45. The molecule has 0 radical (unpaired) electrons. The van der Waals surface area contributed by atoms with E-state index >= 15 is 0 Å². The van der Waals surface area contributed by atoms with Crippen LogP contribution in [0.3, 0.4) is 0 Å². The first kappa shape index (κ1) is 17.3. The third-order valence-corrected chi connectivity index (χ3v) is 4.45. The lowest BCUT2D eigenvalue weighted by Gasteiger charge is -2.34. The van der Waals surface area contributed by atoms with E-state index in [1.54, 1.807) is 24.5 Å². The van der Waals surface area contributed by atoms with Crippen molar-refractivity contribution in [3.8, 4) is 0 Å². The number of carbonyl (C=O) groups is 1. The Morgan fingerprint density at radius 2 is 2.12 bits per heavy atom. The third kappa shape index (κ3) is 4.49. The van der Waals surface area contributed by atoms with Crippen LogP contribution in [0.25, 0.3) is 0 Å². The SMILES string of the molecule is Cc1cc(N2CCC(NC(=O)N(C)Cc3ccoc3)CC2)nc(C)n1. The largest absolute Gasteiger partial charge is 0.472 e. The van der Waals surface area contributed by atoms with Gasteiger partial charge >= 0.3 is 6.03 Å². The molecule has 3 rings (SSSR count). The second-order valence-corrected chi connectivity index (χ2v) is 6.61. The molecule has 2 amide bonds. The van der Waals surface area contributed by atoms with Gasteiger partial charge in [-0.3, -0.25) is 0 Å². The maximum absolute atomic E-state index is 12.3. The van der Waals surface area contributed by atoms with E-state index in [0.717, 1.165) is 48.8 Å². The molecular formula is C18H25N5O2. The zero-order valence-corrected chi connectivity index (χ0v) is 15.0. The Balaban J connectivity index is 1.49. The van der Waals surface area contributed by atoms with Gasteiger partial charge in [0.25, 0.3) is 0 Å². The predicted molar refractivity (Wildman–Crippen MR) is 95.4 cm³/mol. The van der Waals surface area contributed by atoms with Crippen molar-refractivity contribution < 1.29 is 9.21 Å². The van der Waals surface area contributed by atoms with Crippen LogP contribution in [0.5, 0.6) is 0 Å². The fourth-order valence-corrected chi connectivity index (χ4v) is 3.13. The molecule has 1 saturated heterocycles. The highest BCUT2D eigenvalue weighted by atomic mass is 16.3. The highest BCUT2D eigenvalue weighted by Crippen LogP contribution is 2.19. The Labute approximate surface area is 148 Å². The fraction of sp³-hybridized carbons (Fsp3) is 0.500. The van der Waals surface area contributed by atoms with Crippen molar-refractivity contribution in [3.63, 3.8) is 0 Å². The van der Waals surface area contributed by atoms with Gasteiger partial charge in [-0.05, 0) is 32.8 Å². The van der Waals surface area contributed by atoms with E-state index in [2.05, 4.69) is 20.2 Å². The number of rotatable bonds is 4. The summed E-state index contributed by atoms with van der Waals surface area (Å²) in [6.07, 6.45) is 5.10. The van der Waals surface area contributed by atoms with E-state index < -0.39 is 0 Å². The number of hydrogen-bond acceptors (Lipinski definition) is 5. The standard InChI is InChI=1S/C18H25N5O2/c1-13-10-17(20-14(2)19-13)23-7-4-16(5-8-23)21-18(24)22(3)11-15-6-9-25-12-15/h6,9-10,12,16H,4-5,7-8,11H2,1-3H3,(H,21,24). The average Bonchev–Trinajstić information content (AvgIpc) is 3.07. The molecule has 0 aliphatic carbocycles. The van der Waals surface area contributed by atoms with Gasteiger partial charge in [-0.25, -0.2) is 14.8 Å². The highest BCUT2D eigenvalue weighted by molar-refractivity contribution is 5.74. The molecule has 0 atom stereocenters. The summed E-state index contributed by atoms with van der Waals surface area (Å²) in [5.41, 5.74) is 1.97. The number of amides is 2. The Morgan fingerprint density at radius 1 is 1.36 bits per heavy atom. The second kappa shape index (κ2) is 7.55. The molecule has 25 heavy (non-hydrogen) atoms. The molecule has 7 nitrogen and oxygen atoms in total. The van der Waals surface area contributed by atoms with Crippen molar-refractivity contribution in [3.05, 3.63) is 41.7 Å².